The second-order valence-electron chi connectivity index (χ2n) is 4.27. The van der Waals surface area contributed by atoms with E-state index < -0.39 is 5.41 Å². The van der Waals surface area contributed by atoms with Crippen LogP contribution in [0.15, 0.2) is 24.3 Å². The van der Waals surface area contributed by atoms with Crippen LogP contribution in [-0.4, -0.2) is 13.1 Å². The molecule has 1 saturated heterocycles. The van der Waals surface area contributed by atoms with Gasteiger partial charge in [-0.3, -0.25) is 0 Å². The monoisotopic (exact) mass is 245 g/mol. The van der Waals surface area contributed by atoms with Gasteiger partial charge in [-0.25, -0.2) is 0 Å². The van der Waals surface area contributed by atoms with Gasteiger partial charge in [0.1, 0.15) is 5.41 Å². The molecule has 0 amide bonds. The lowest BCUT2D eigenvalue weighted by molar-refractivity contribution is 0.393. The number of hydrogen-bond donors (Lipinski definition) is 0. The van der Waals surface area contributed by atoms with Crippen LogP contribution in [0.5, 0.6) is 0 Å². The molecule has 4 heteroatoms. The maximum Gasteiger partial charge on any atom is 0.147 e. The molecule has 1 fully saturated rings. The number of piperidine rings is 1. The van der Waals surface area contributed by atoms with Crippen LogP contribution in [0.1, 0.15) is 12.8 Å². The van der Waals surface area contributed by atoms with Crippen LogP contribution in [-0.2, 0) is 0 Å². The predicted molar refractivity (Wildman–Crippen MR) is 66.6 cm³/mol. The van der Waals surface area contributed by atoms with E-state index in [-0.39, 0.29) is 0 Å². The highest BCUT2D eigenvalue weighted by Gasteiger charge is 2.34. The van der Waals surface area contributed by atoms with Crippen LogP contribution in [0.4, 0.5) is 5.69 Å². The van der Waals surface area contributed by atoms with E-state index in [4.69, 9.17) is 22.1 Å². The summed E-state index contributed by atoms with van der Waals surface area (Å²) in [6, 6.07) is 11.9. The first-order chi connectivity index (χ1) is 8.19. The molecule has 3 nitrogen and oxygen atoms in total. The van der Waals surface area contributed by atoms with Gasteiger partial charge in [0.25, 0.3) is 0 Å². The van der Waals surface area contributed by atoms with Gasteiger partial charge < -0.3 is 4.90 Å². The van der Waals surface area contributed by atoms with Crippen molar-refractivity contribution < 1.29 is 0 Å². The average Bonchev–Trinajstić information content (AvgIpc) is 2.39. The number of anilines is 1. The van der Waals surface area contributed by atoms with Crippen LogP contribution in [0, 0.1) is 28.1 Å². The molecule has 0 bridgehead atoms. The third-order valence-corrected chi connectivity index (χ3v) is 3.45. The van der Waals surface area contributed by atoms with Gasteiger partial charge in [0, 0.05) is 23.8 Å². The molecule has 2 rings (SSSR count). The van der Waals surface area contributed by atoms with Crippen molar-refractivity contribution in [2.75, 3.05) is 18.0 Å². The van der Waals surface area contributed by atoms with Gasteiger partial charge in [-0.05, 0) is 31.0 Å². The second-order valence-corrected chi connectivity index (χ2v) is 4.71. The summed E-state index contributed by atoms with van der Waals surface area (Å²) >= 11 is 5.94. The molecule has 0 atom stereocenters. The summed E-state index contributed by atoms with van der Waals surface area (Å²) in [5.74, 6) is 0. The zero-order valence-corrected chi connectivity index (χ0v) is 10.1. The summed E-state index contributed by atoms with van der Waals surface area (Å²) in [6.07, 6.45) is 1.18. The first kappa shape index (κ1) is 11.8. The van der Waals surface area contributed by atoms with Crippen LogP contribution in [0.25, 0.3) is 0 Å². The van der Waals surface area contributed by atoms with E-state index in [9.17, 15) is 0 Å². The van der Waals surface area contributed by atoms with E-state index in [2.05, 4.69) is 17.0 Å². The molecule has 0 saturated carbocycles. The Bertz CT molecular complexity index is 474. The van der Waals surface area contributed by atoms with Crippen LogP contribution < -0.4 is 4.90 Å². The number of nitriles is 2. The molecule has 1 aromatic carbocycles. The van der Waals surface area contributed by atoms with Gasteiger partial charge in [-0.2, -0.15) is 10.5 Å². The lowest BCUT2D eigenvalue weighted by Gasteiger charge is -2.34. The highest BCUT2D eigenvalue weighted by molar-refractivity contribution is 6.30. The summed E-state index contributed by atoms with van der Waals surface area (Å²) in [4.78, 5) is 2.17. The fourth-order valence-electron chi connectivity index (χ4n) is 2.07. The minimum Gasteiger partial charge on any atom is -0.371 e. The third kappa shape index (κ3) is 2.35. The first-order valence-electron chi connectivity index (χ1n) is 5.52. The van der Waals surface area contributed by atoms with E-state index in [1.807, 2.05) is 24.3 Å². The molecule has 1 aliphatic rings. The molecule has 86 valence electrons. The predicted octanol–water partition coefficient (Wildman–Crippen LogP) is 2.97. The zero-order valence-electron chi connectivity index (χ0n) is 9.36. The number of nitrogens with zero attached hydrogens (tertiary/aromatic N) is 3. The van der Waals surface area contributed by atoms with Crippen LogP contribution in [0.3, 0.4) is 0 Å². The van der Waals surface area contributed by atoms with Crippen molar-refractivity contribution >= 4 is 17.3 Å². The minimum atomic E-state index is -0.797. The number of rotatable bonds is 1. The SMILES string of the molecule is N#CC1(C#N)CCN(c2cccc(Cl)c2)CC1. The average molecular weight is 246 g/mol. The standard InChI is InChI=1S/C13H12ClN3/c14-11-2-1-3-12(8-11)17-6-4-13(9-15,10-16)5-7-17/h1-3,8H,4-7H2. The van der Waals surface area contributed by atoms with E-state index >= 15 is 0 Å². The molecular formula is C13H12ClN3. The smallest absolute Gasteiger partial charge is 0.147 e. The Hall–Kier alpha value is -1.71. The highest BCUT2D eigenvalue weighted by Crippen LogP contribution is 2.32. The van der Waals surface area contributed by atoms with Crippen molar-refractivity contribution in [3.63, 3.8) is 0 Å². The van der Waals surface area contributed by atoms with Gasteiger partial charge in [0.05, 0.1) is 12.1 Å². The Morgan fingerprint density at radius 3 is 2.35 bits per heavy atom. The number of halogens is 1. The number of benzene rings is 1. The van der Waals surface area contributed by atoms with Crippen LogP contribution >= 0.6 is 11.6 Å². The molecule has 1 heterocycles. The maximum atomic E-state index is 9.03. The topological polar surface area (TPSA) is 50.8 Å². The van der Waals surface area contributed by atoms with Crippen molar-refractivity contribution in [1.82, 2.24) is 0 Å². The Kier molecular flexibility index (Phi) is 3.22. The summed E-state index contributed by atoms with van der Waals surface area (Å²) in [7, 11) is 0. The zero-order chi connectivity index (χ0) is 12.3. The van der Waals surface area contributed by atoms with Gasteiger partial charge in [-0.1, -0.05) is 17.7 Å². The molecule has 1 aromatic rings. The maximum absolute atomic E-state index is 9.03. The molecular weight excluding hydrogens is 234 g/mol. The summed E-state index contributed by atoms with van der Waals surface area (Å²) in [5, 5.41) is 18.8. The molecule has 0 aliphatic carbocycles. The molecule has 0 aromatic heterocycles. The Morgan fingerprint density at radius 2 is 1.82 bits per heavy atom. The quantitative estimate of drug-likeness (QED) is 0.764. The number of hydrogen-bond acceptors (Lipinski definition) is 3. The first-order valence-corrected chi connectivity index (χ1v) is 5.90. The van der Waals surface area contributed by atoms with E-state index in [1.165, 1.54) is 0 Å². The lowest BCUT2D eigenvalue weighted by Crippen LogP contribution is -2.38. The highest BCUT2D eigenvalue weighted by atomic mass is 35.5. The summed E-state index contributed by atoms with van der Waals surface area (Å²) in [5.41, 5.74) is 0.261. The van der Waals surface area contributed by atoms with Crippen molar-refractivity contribution in [2.45, 2.75) is 12.8 Å². The van der Waals surface area contributed by atoms with Gasteiger partial charge >= 0.3 is 0 Å². The largest absolute Gasteiger partial charge is 0.371 e. The van der Waals surface area contributed by atoms with Gasteiger partial charge in [-0.15, -0.1) is 0 Å². The Labute approximate surface area is 106 Å². The fraction of sp³-hybridized carbons (Fsp3) is 0.385. The molecule has 0 radical (unpaired) electrons. The van der Waals surface area contributed by atoms with E-state index in [1.54, 1.807) is 0 Å². The van der Waals surface area contributed by atoms with Crippen molar-refractivity contribution in [2.24, 2.45) is 5.41 Å². The summed E-state index contributed by atoms with van der Waals surface area (Å²) in [6.45, 7) is 1.45. The molecule has 0 N–H and O–H groups in total. The molecule has 0 unspecified atom stereocenters. The molecule has 0 spiro atoms. The van der Waals surface area contributed by atoms with E-state index in [0.717, 1.165) is 18.8 Å². The molecule has 1 aliphatic heterocycles. The second kappa shape index (κ2) is 4.65. The van der Waals surface area contributed by atoms with Crippen LogP contribution in [0.2, 0.25) is 5.02 Å². The van der Waals surface area contributed by atoms with Crippen molar-refractivity contribution in [3.8, 4) is 12.1 Å². The van der Waals surface area contributed by atoms with Gasteiger partial charge in [0.15, 0.2) is 0 Å². The molecule has 17 heavy (non-hydrogen) atoms. The Balaban J connectivity index is 2.11. The van der Waals surface area contributed by atoms with Crippen molar-refractivity contribution in [1.29, 1.82) is 10.5 Å². The lowest BCUT2D eigenvalue weighted by atomic mass is 9.81. The fourth-order valence-corrected chi connectivity index (χ4v) is 2.25. The summed E-state index contributed by atoms with van der Waals surface area (Å²) < 4.78 is 0. The Morgan fingerprint density at radius 1 is 1.18 bits per heavy atom. The van der Waals surface area contributed by atoms with E-state index in [0.29, 0.717) is 17.9 Å². The third-order valence-electron chi connectivity index (χ3n) is 3.22. The van der Waals surface area contributed by atoms with Crippen molar-refractivity contribution in [3.05, 3.63) is 29.3 Å². The van der Waals surface area contributed by atoms with Gasteiger partial charge in [0.2, 0.25) is 0 Å². The minimum absolute atomic E-state index is 0.590. The normalized spacial score (nSPS) is 18.2.